The molecular formula is C60H94N8O11. The number of carbonyl (C=O) groups excluding carboxylic acids is 9. The number of allylic oxidation sites excluding steroid dienone is 4. The first-order valence-corrected chi connectivity index (χ1v) is 28.1. The number of benzene rings is 1. The third kappa shape index (κ3) is 18.6. The molecule has 2 aliphatic heterocycles. The molecule has 0 aliphatic carbocycles. The molecule has 19 nitrogen and oxygen atoms in total. The Balaban J connectivity index is 2.12. The normalized spacial score (nSPS) is 28.1. The predicted molar refractivity (Wildman–Crippen MR) is 305 cm³/mol. The van der Waals surface area contributed by atoms with E-state index in [-0.39, 0.29) is 31.4 Å². The van der Waals surface area contributed by atoms with E-state index >= 15 is 9.59 Å². The van der Waals surface area contributed by atoms with Gasteiger partial charge in [0.25, 0.3) is 0 Å². The standard InChI is InChI=1S/C60H94N8O11/c1-38(2)50-57(74)65(13)47(36-44-30-22-20-23-31-44)56(73)66(14)51(39(3)4)58(75)67(15)52(40(5)6)59(76)68-35-27-34-46(68)54(71)64(12)48(37-49(69)61-10)55(72)63(11)43(9)60(77)79-42(8)29-21-18-17-19-24-32-45(78-16)33-26-25-28-41(7)53(70)62-50/h17,19-20,22-23,25-26,28,30-31,38-40,42-43,45-48,50-52H,18,21,24,27,29,32-37H2,1-16H3,(H,61,69)(H,62,70)/b19-17+,26-25+,41-28+/t42-,43-,45-,46-,47-,48-,50+,51-,52-/m0/s1. The lowest BCUT2D eigenvalue weighted by molar-refractivity contribution is -0.160. The Morgan fingerprint density at radius 1 is 0.684 bits per heavy atom. The van der Waals surface area contributed by atoms with E-state index in [4.69, 9.17) is 9.47 Å². The molecule has 1 saturated heterocycles. The molecule has 8 amide bonds. The fourth-order valence-corrected chi connectivity index (χ4v) is 10.2. The number of nitrogens with zero attached hydrogens (tertiary/aromatic N) is 6. The number of carbonyl (C=O) groups is 9. The van der Waals surface area contributed by atoms with Gasteiger partial charge in [-0.25, -0.2) is 4.79 Å². The molecule has 2 aliphatic rings. The van der Waals surface area contributed by atoms with Crippen molar-refractivity contribution < 1.29 is 52.6 Å². The maximum absolute atomic E-state index is 15.1. The fraction of sp³-hybridized carbons (Fsp3) is 0.650. The highest BCUT2D eigenvalue weighted by molar-refractivity contribution is 6.00. The van der Waals surface area contributed by atoms with Gasteiger partial charge in [0.15, 0.2) is 0 Å². The number of esters is 1. The van der Waals surface area contributed by atoms with Gasteiger partial charge in [-0.05, 0) is 95.5 Å². The van der Waals surface area contributed by atoms with Crippen molar-refractivity contribution in [1.82, 2.24) is 40.0 Å². The lowest BCUT2D eigenvalue weighted by atomic mass is 9.95. The zero-order chi connectivity index (χ0) is 59.4. The minimum atomic E-state index is -1.35. The van der Waals surface area contributed by atoms with E-state index in [1.807, 2.05) is 50.3 Å². The Labute approximate surface area is 470 Å². The van der Waals surface area contributed by atoms with Crippen LogP contribution < -0.4 is 10.6 Å². The fourth-order valence-electron chi connectivity index (χ4n) is 10.2. The second-order valence-electron chi connectivity index (χ2n) is 22.4. The van der Waals surface area contributed by atoms with Crippen molar-refractivity contribution in [2.45, 2.75) is 181 Å². The topological polar surface area (TPSA) is 216 Å². The van der Waals surface area contributed by atoms with E-state index < -0.39 is 120 Å². The smallest absolute Gasteiger partial charge is 0.328 e. The average Bonchev–Trinajstić information content (AvgIpc) is 3.99. The molecule has 0 aromatic heterocycles. The molecular weight excluding hydrogens is 1010 g/mol. The summed E-state index contributed by atoms with van der Waals surface area (Å²) in [6.45, 7) is 15.9. The Morgan fingerprint density at radius 3 is 1.86 bits per heavy atom. The zero-order valence-electron chi connectivity index (χ0n) is 50.2. The number of likely N-dealkylation sites (N-methyl/N-ethyl adjacent to an activating group) is 5. The maximum Gasteiger partial charge on any atom is 0.328 e. The summed E-state index contributed by atoms with van der Waals surface area (Å²) in [7, 11) is 10.4. The van der Waals surface area contributed by atoms with Crippen molar-refractivity contribution in [3.63, 3.8) is 0 Å². The molecule has 9 atom stereocenters. The van der Waals surface area contributed by atoms with Crippen LogP contribution in [0.25, 0.3) is 0 Å². The predicted octanol–water partition coefficient (Wildman–Crippen LogP) is 5.32. The van der Waals surface area contributed by atoms with Crippen molar-refractivity contribution in [3.8, 4) is 0 Å². The van der Waals surface area contributed by atoms with Gasteiger partial charge in [-0.1, -0.05) is 102 Å². The number of ether oxygens (including phenoxy) is 2. The first kappa shape index (κ1) is 66.9. The van der Waals surface area contributed by atoms with Crippen LogP contribution in [0.5, 0.6) is 0 Å². The molecule has 3 rings (SSSR count). The number of hydrogen-bond donors (Lipinski definition) is 2. The lowest BCUT2D eigenvalue weighted by Crippen LogP contribution is -2.62. The van der Waals surface area contributed by atoms with Crippen LogP contribution in [0.2, 0.25) is 0 Å². The van der Waals surface area contributed by atoms with Gasteiger partial charge in [0.1, 0.15) is 42.3 Å². The van der Waals surface area contributed by atoms with E-state index in [1.54, 1.807) is 60.8 Å². The number of methoxy groups -OCH3 is 1. The van der Waals surface area contributed by atoms with Gasteiger partial charge in [0.05, 0.1) is 18.6 Å². The second kappa shape index (κ2) is 32.0. The monoisotopic (exact) mass is 1100 g/mol. The number of fused-ring (bicyclic) bond motifs is 1. The first-order valence-electron chi connectivity index (χ1n) is 28.1. The molecule has 0 bridgehead atoms. The largest absolute Gasteiger partial charge is 0.461 e. The van der Waals surface area contributed by atoms with Crippen molar-refractivity contribution in [1.29, 1.82) is 0 Å². The number of nitrogens with one attached hydrogen (secondary N) is 2. The van der Waals surface area contributed by atoms with Crippen LogP contribution in [0.4, 0.5) is 0 Å². The molecule has 1 fully saturated rings. The molecule has 1 aromatic carbocycles. The minimum Gasteiger partial charge on any atom is -0.461 e. The molecule has 19 heteroatoms. The molecule has 0 saturated carbocycles. The Hall–Kier alpha value is -6.37. The minimum absolute atomic E-state index is 0.0751. The quantitative estimate of drug-likeness (QED) is 0.251. The van der Waals surface area contributed by atoms with E-state index in [0.717, 1.165) is 31.2 Å². The second-order valence-corrected chi connectivity index (χ2v) is 22.4. The molecule has 79 heavy (non-hydrogen) atoms. The third-order valence-electron chi connectivity index (χ3n) is 15.4. The summed E-state index contributed by atoms with van der Waals surface area (Å²) in [5.41, 5.74) is 1.13. The molecule has 440 valence electrons. The van der Waals surface area contributed by atoms with Crippen molar-refractivity contribution in [2.75, 3.05) is 55.9 Å². The summed E-state index contributed by atoms with van der Waals surface area (Å²) in [5.74, 6) is -6.31. The molecule has 0 radical (unpaired) electrons. The van der Waals surface area contributed by atoms with Gasteiger partial charge in [-0.15, -0.1) is 0 Å². The van der Waals surface area contributed by atoms with E-state index in [9.17, 15) is 33.6 Å². The van der Waals surface area contributed by atoms with Crippen molar-refractivity contribution >= 4 is 53.2 Å². The van der Waals surface area contributed by atoms with Crippen LogP contribution in [0.3, 0.4) is 0 Å². The molecule has 0 spiro atoms. The lowest BCUT2D eigenvalue weighted by Gasteiger charge is -2.41. The van der Waals surface area contributed by atoms with Crippen LogP contribution >= 0.6 is 0 Å². The average molecular weight is 1100 g/mol. The van der Waals surface area contributed by atoms with E-state index in [0.29, 0.717) is 24.8 Å². The Kier molecular flexibility index (Phi) is 27.1. The van der Waals surface area contributed by atoms with Gasteiger partial charge in [0.2, 0.25) is 47.3 Å². The number of cyclic esters (lactones) is 1. The van der Waals surface area contributed by atoms with E-state index in [2.05, 4.69) is 22.8 Å². The molecule has 0 unspecified atom stereocenters. The van der Waals surface area contributed by atoms with Gasteiger partial charge >= 0.3 is 5.97 Å². The van der Waals surface area contributed by atoms with Crippen LogP contribution in [-0.2, 0) is 59.0 Å². The molecule has 2 N–H and O–H groups in total. The van der Waals surface area contributed by atoms with Gasteiger partial charge in [-0.3, -0.25) is 38.4 Å². The van der Waals surface area contributed by atoms with Crippen LogP contribution in [0, 0.1) is 17.8 Å². The summed E-state index contributed by atoms with van der Waals surface area (Å²) in [6.07, 6.45) is 13.6. The van der Waals surface area contributed by atoms with Crippen LogP contribution in [-0.4, -0.2) is 193 Å². The summed E-state index contributed by atoms with van der Waals surface area (Å²) in [5, 5.41) is 5.44. The highest BCUT2D eigenvalue weighted by Crippen LogP contribution is 2.27. The number of amides is 8. The van der Waals surface area contributed by atoms with Gasteiger partial charge in [-0.2, -0.15) is 0 Å². The van der Waals surface area contributed by atoms with Crippen molar-refractivity contribution in [2.24, 2.45) is 17.8 Å². The van der Waals surface area contributed by atoms with Gasteiger partial charge in [0, 0.05) is 67.9 Å². The zero-order valence-corrected chi connectivity index (χ0v) is 50.2. The van der Waals surface area contributed by atoms with Crippen LogP contribution in [0.15, 0.2) is 66.3 Å². The van der Waals surface area contributed by atoms with E-state index in [1.165, 1.54) is 78.6 Å². The van der Waals surface area contributed by atoms with Gasteiger partial charge < -0.3 is 49.5 Å². The third-order valence-corrected chi connectivity index (χ3v) is 15.4. The Bertz CT molecular complexity index is 2340. The molecule has 1 aromatic rings. The number of rotatable bonds is 8. The summed E-state index contributed by atoms with van der Waals surface area (Å²) < 4.78 is 11.5. The number of hydrogen-bond acceptors (Lipinski definition) is 11. The van der Waals surface area contributed by atoms with Crippen LogP contribution in [0.1, 0.15) is 126 Å². The van der Waals surface area contributed by atoms with Crippen molar-refractivity contribution in [3.05, 3.63) is 71.8 Å². The molecule has 2 heterocycles. The summed E-state index contributed by atoms with van der Waals surface area (Å²) >= 11 is 0. The SMILES string of the molecule is CNC(=O)C[C@H]1C(=O)N(C)[C@@H](C)C(=O)O[C@@H](C)CCC/C=C/CC[C@H](OC)C/C=C/C=C(\C)C(=O)N[C@H](C(C)C)C(=O)N(C)[C@@H](Cc2ccccc2)C(=O)N(C)[C@@H](C(C)C)C(=O)N(C)[C@@H](C(C)C)C(=O)N2CCC[C@H]2C(=O)N1C. The summed E-state index contributed by atoms with van der Waals surface area (Å²) in [4.78, 5) is 137. The Morgan fingerprint density at radius 2 is 1.27 bits per heavy atom. The first-order chi connectivity index (χ1) is 37.2. The maximum atomic E-state index is 15.1. The highest BCUT2D eigenvalue weighted by atomic mass is 16.5. The summed E-state index contributed by atoms with van der Waals surface area (Å²) in [6, 6.07) is 1.35. The highest BCUT2D eigenvalue weighted by Gasteiger charge is 2.46.